The fourth-order valence-corrected chi connectivity index (χ4v) is 1.37. The monoisotopic (exact) mass is 171 g/mol. The lowest BCUT2D eigenvalue weighted by molar-refractivity contribution is -0.141. The Balaban J connectivity index is 2.53. The second-order valence-electron chi connectivity index (χ2n) is 1.80. The molecule has 2 nitrogen and oxygen atoms in total. The zero-order valence-electron chi connectivity index (χ0n) is 4.73. The average Bonchev–Trinajstić information content (AvgIpc) is 2.11. The molecule has 0 saturated carbocycles. The number of amides is 1. The molecule has 1 aliphatic heterocycles. The molecule has 0 radical (unpaired) electrons. The molecule has 1 heterocycles. The second kappa shape index (κ2) is 2.34. The third-order valence-electron chi connectivity index (χ3n) is 0.970. The quantitative estimate of drug-likeness (QED) is 0.582. The summed E-state index contributed by atoms with van der Waals surface area (Å²) < 4.78 is 35.1. The average molecular weight is 171 g/mol. The molecule has 1 saturated heterocycles. The third kappa shape index (κ3) is 1.56. The van der Waals surface area contributed by atoms with E-state index in [0.29, 0.717) is 11.8 Å². The van der Waals surface area contributed by atoms with Gasteiger partial charge in [-0.15, -0.1) is 11.8 Å². The van der Waals surface area contributed by atoms with Crippen molar-refractivity contribution in [3.8, 4) is 0 Å². The number of alkyl halides is 3. The van der Waals surface area contributed by atoms with Gasteiger partial charge in [-0.05, 0) is 0 Å². The lowest BCUT2D eigenvalue weighted by Gasteiger charge is -2.12. The highest BCUT2D eigenvalue weighted by atomic mass is 32.2. The fraction of sp³-hybridized carbons (Fsp3) is 0.750. The Morgan fingerprint density at radius 2 is 2.20 bits per heavy atom. The van der Waals surface area contributed by atoms with E-state index in [-0.39, 0.29) is 5.75 Å². The van der Waals surface area contributed by atoms with Gasteiger partial charge in [-0.3, -0.25) is 4.79 Å². The van der Waals surface area contributed by atoms with Crippen LogP contribution in [0.15, 0.2) is 0 Å². The number of hydrogen-bond acceptors (Lipinski definition) is 2. The van der Waals surface area contributed by atoms with Gasteiger partial charge < -0.3 is 5.32 Å². The van der Waals surface area contributed by atoms with Crippen LogP contribution in [-0.2, 0) is 4.79 Å². The molecule has 1 N–H and O–H groups in total. The van der Waals surface area contributed by atoms with Crippen LogP contribution in [0.1, 0.15) is 0 Å². The van der Waals surface area contributed by atoms with Gasteiger partial charge >= 0.3 is 6.18 Å². The molecule has 1 unspecified atom stereocenters. The van der Waals surface area contributed by atoms with E-state index < -0.39 is 17.5 Å². The highest BCUT2D eigenvalue weighted by molar-refractivity contribution is 8.01. The van der Waals surface area contributed by atoms with Gasteiger partial charge in [-0.2, -0.15) is 13.2 Å². The van der Waals surface area contributed by atoms with Gasteiger partial charge in [0, 0.05) is 0 Å². The number of hydrogen-bond donors (Lipinski definition) is 1. The molecule has 1 amide bonds. The predicted molar refractivity (Wildman–Crippen MR) is 30.4 cm³/mol. The van der Waals surface area contributed by atoms with Gasteiger partial charge in [0.1, 0.15) is 0 Å². The topological polar surface area (TPSA) is 29.1 Å². The van der Waals surface area contributed by atoms with E-state index in [1.807, 2.05) is 0 Å². The minimum absolute atomic E-state index is 0.0931. The number of rotatable bonds is 0. The molecule has 6 heteroatoms. The Labute approximate surface area is 59.2 Å². The van der Waals surface area contributed by atoms with Crippen molar-refractivity contribution >= 4 is 17.7 Å². The van der Waals surface area contributed by atoms with Crippen LogP contribution in [0.2, 0.25) is 0 Å². The fourth-order valence-electron chi connectivity index (χ4n) is 0.565. The molecule has 0 aromatic carbocycles. The van der Waals surface area contributed by atoms with E-state index in [1.54, 1.807) is 5.32 Å². The molecule has 10 heavy (non-hydrogen) atoms. The Kier molecular flexibility index (Phi) is 1.80. The Morgan fingerprint density at radius 3 is 2.40 bits per heavy atom. The molecular weight excluding hydrogens is 167 g/mol. The van der Waals surface area contributed by atoms with Crippen molar-refractivity contribution in [2.24, 2.45) is 0 Å². The molecule has 1 aliphatic rings. The van der Waals surface area contributed by atoms with Crippen molar-refractivity contribution < 1.29 is 18.0 Å². The maximum absolute atomic E-state index is 11.7. The first-order chi connectivity index (χ1) is 4.50. The van der Waals surface area contributed by atoms with E-state index in [2.05, 4.69) is 0 Å². The summed E-state index contributed by atoms with van der Waals surface area (Å²) in [4.78, 5) is 10.3. The van der Waals surface area contributed by atoms with Crippen molar-refractivity contribution in [2.45, 2.75) is 11.6 Å². The Hall–Kier alpha value is -0.390. The standard InChI is InChI=1S/C4H4F3NOS/c5-4(6,7)3-8-2(9)1-10-3/h3H,1H2,(H,8,9). The van der Waals surface area contributed by atoms with Crippen molar-refractivity contribution in [2.75, 3.05) is 5.75 Å². The van der Waals surface area contributed by atoms with E-state index in [9.17, 15) is 18.0 Å². The first-order valence-electron chi connectivity index (χ1n) is 2.48. The summed E-state index contributed by atoms with van der Waals surface area (Å²) >= 11 is 0.572. The summed E-state index contributed by atoms with van der Waals surface area (Å²) in [5.41, 5.74) is 0. The van der Waals surface area contributed by atoms with E-state index in [1.165, 1.54) is 0 Å². The van der Waals surface area contributed by atoms with Crippen molar-refractivity contribution in [1.29, 1.82) is 0 Å². The summed E-state index contributed by atoms with van der Waals surface area (Å²) in [5, 5.41) is 0.0984. The molecule has 1 fully saturated rings. The second-order valence-corrected chi connectivity index (χ2v) is 2.89. The highest BCUT2D eigenvalue weighted by Crippen LogP contribution is 2.31. The first-order valence-corrected chi connectivity index (χ1v) is 3.53. The summed E-state index contributed by atoms with van der Waals surface area (Å²) in [5.74, 6) is -0.642. The van der Waals surface area contributed by atoms with Gasteiger partial charge in [0.05, 0.1) is 5.75 Å². The van der Waals surface area contributed by atoms with Crippen LogP contribution >= 0.6 is 11.8 Å². The van der Waals surface area contributed by atoms with Crippen LogP contribution < -0.4 is 5.32 Å². The predicted octanol–water partition coefficient (Wildman–Crippen LogP) is 0.738. The lowest BCUT2D eigenvalue weighted by Crippen LogP contribution is -2.37. The molecule has 1 atom stereocenters. The lowest BCUT2D eigenvalue weighted by atomic mass is 10.6. The van der Waals surface area contributed by atoms with Crippen LogP contribution in [-0.4, -0.2) is 23.2 Å². The molecule has 58 valence electrons. The SMILES string of the molecule is O=C1CSC(C(F)(F)F)N1. The summed E-state index contributed by atoms with van der Waals surface area (Å²) in [6, 6.07) is 0. The van der Waals surface area contributed by atoms with Crippen LogP contribution in [0.5, 0.6) is 0 Å². The zero-order chi connectivity index (χ0) is 7.78. The largest absolute Gasteiger partial charge is 0.418 e. The molecule has 0 bridgehead atoms. The highest BCUT2D eigenvalue weighted by Gasteiger charge is 2.44. The van der Waals surface area contributed by atoms with Crippen LogP contribution in [0.25, 0.3) is 0 Å². The van der Waals surface area contributed by atoms with E-state index in [4.69, 9.17) is 0 Å². The van der Waals surface area contributed by atoms with Gasteiger partial charge in [-0.1, -0.05) is 0 Å². The van der Waals surface area contributed by atoms with E-state index in [0.717, 1.165) is 0 Å². The molecule has 0 aliphatic carbocycles. The van der Waals surface area contributed by atoms with E-state index >= 15 is 0 Å². The number of halogens is 3. The molecule has 0 spiro atoms. The van der Waals surface area contributed by atoms with Gasteiger partial charge in [0.2, 0.25) is 5.91 Å². The maximum Gasteiger partial charge on any atom is 0.418 e. The van der Waals surface area contributed by atoms with Crippen LogP contribution in [0.3, 0.4) is 0 Å². The number of carbonyl (C=O) groups is 1. The first kappa shape index (κ1) is 7.71. The smallest absolute Gasteiger partial charge is 0.336 e. The zero-order valence-corrected chi connectivity index (χ0v) is 5.55. The molecule has 0 aromatic heterocycles. The van der Waals surface area contributed by atoms with Gasteiger partial charge in [0.15, 0.2) is 5.37 Å². The van der Waals surface area contributed by atoms with Gasteiger partial charge in [0.25, 0.3) is 0 Å². The molecule has 1 rings (SSSR count). The normalized spacial score (nSPS) is 26.7. The van der Waals surface area contributed by atoms with Crippen molar-refractivity contribution in [1.82, 2.24) is 5.32 Å². The molecular formula is C4H4F3NOS. The minimum Gasteiger partial charge on any atom is -0.336 e. The Bertz CT molecular complexity index is 157. The molecule has 0 aromatic rings. The van der Waals surface area contributed by atoms with Gasteiger partial charge in [-0.25, -0.2) is 0 Å². The summed E-state index contributed by atoms with van der Waals surface area (Å²) in [6.07, 6.45) is -4.31. The van der Waals surface area contributed by atoms with Crippen molar-refractivity contribution in [3.63, 3.8) is 0 Å². The van der Waals surface area contributed by atoms with Crippen LogP contribution in [0, 0.1) is 0 Å². The van der Waals surface area contributed by atoms with Crippen molar-refractivity contribution in [3.05, 3.63) is 0 Å². The summed E-state index contributed by atoms with van der Waals surface area (Å²) in [6.45, 7) is 0. The summed E-state index contributed by atoms with van der Waals surface area (Å²) in [7, 11) is 0. The third-order valence-corrected chi connectivity index (χ3v) is 2.12. The minimum atomic E-state index is -4.31. The van der Waals surface area contributed by atoms with Crippen LogP contribution in [0.4, 0.5) is 13.2 Å². The number of carbonyl (C=O) groups excluding carboxylic acids is 1. The maximum atomic E-state index is 11.7. The number of thioether (sulfide) groups is 1. The number of nitrogens with one attached hydrogen (secondary N) is 1. The Morgan fingerprint density at radius 1 is 1.60 bits per heavy atom.